The van der Waals surface area contributed by atoms with Crippen LogP contribution in [-0.2, 0) is 4.79 Å². The molecule has 0 bridgehead atoms. The Labute approximate surface area is 146 Å². The van der Waals surface area contributed by atoms with Gasteiger partial charge in [-0.1, -0.05) is 52.3 Å². The molecule has 0 aromatic heterocycles. The van der Waals surface area contributed by atoms with Crippen molar-refractivity contribution in [3.8, 4) is 0 Å². The number of carbonyl (C=O) groups is 2. The van der Waals surface area contributed by atoms with Gasteiger partial charge in [0.1, 0.15) is 5.82 Å². The number of amides is 1. The maximum Gasteiger partial charge on any atom is 0.235 e. The molecule has 3 aromatic rings. The normalized spacial score (nSPS) is 10.6. The van der Waals surface area contributed by atoms with Gasteiger partial charge < -0.3 is 5.32 Å². The second-order valence-electron chi connectivity index (χ2n) is 5.24. The maximum atomic E-state index is 14.0. The molecule has 0 saturated carbocycles. The van der Waals surface area contributed by atoms with Gasteiger partial charge in [0.05, 0.1) is 16.6 Å². The van der Waals surface area contributed by atoms with Crippen molar-refractivity contribution in [3.05, 3.63) is 77.6 Å². The number of anilines is 1. The summed E-state index contributed by atoms with van der Waals surface area (Å²) in [6, 6.07) is 16.7. The van der Waals surface area contributed by atoms with Crippen LogP contribution in [0, 0.1) is 5.82 Å². The minimum absolute atomic E-state index is 0.0258. The summed E-state index contributed by atoms with van der Waals surface area (Å²) in [4.78, 5) is 24.6. The van der Waals surface area contributed by atoms with E-state index in [2.05, 4.69) is 21.2 Å². The number of rotatable bonds is 4. The van der Waals surface area contributed by atoms with Crippen molar-refractivity contribution < 1.29 is 14.0 Å². The van der Waals surface area contributed by atoms with Crippen molar-refractivity contribution in [1.82, 2.24) is 0 Å². The quantitative estimate of drug-likeness (QED) is 0.529. The average molecular weight is 386 g/mol. The number of fused-ring (bicyclic) bond motifs is 1. The molecule has 0 aliphatic rings. The van der Waals surface area contributed by atoms with Crippen molar-refractivity contribution in [3.63, 3.8) is 0 Å². The fraction of sp³-hybridized carbons (Fsp3) is 0.0526. The zero-order chi connectivity index (χ0) is 17.1. The van der Waals surface area contributed by atoms with Crippen molar-refractivity contribution >= 4 is 44.1 Å². The number of hydrogen-bond acceptors (Lipinski definition) is 2. The Morgan fingerprint density at radius 1 is 0.917 bits per heavy atom. The molecule has 0 aliphatic carbocycles. The lowest BCUT2D eigenvalue weighted by Gasteiger charge is -2.12. The lowest BCUT2D eigenvalue weighted by Crippen LogP contribution is -2.16. The molecule has 0 aliphatic heterocycles. The minimum atomic E-state index is -0.589. The van der Waals surface area contributed by atoms with Gasteiger partial charge in [0.2, 0.25) is 5.91 Å². The molecule has 5 heteroatoms. The van der Waals surface area contributed by atoms with Gasteiger partial charge in [0.15, 0.2) is 5.78 Å². The molecule has 0 unspecified atom stereocenters. The molecule has 1 N–H and O–H groups in total. The number of nitrogens with one attached hydrogen (secondary N) is 1. The Bertz CT molecular complexity index is 940. The van der Waals surface area contributed by atoms with E-state index in [0.29, 0.717) is 5.69 Å². The van der Waals surface area contributed by atoms with E-state index in [9.17, 15) is 14.0 Å². The Morgan fingerprint density at radius 2 is 1.54 bits per heavy atom. The van der Waals surface area contributed by atoms with Crippen LogP contribution in [0.25, 0.3) is 10.8 Å². The molecule has 3 nitrogen and oxygen atoms in total. The van der Waals surface area contributed by atoms with Gasteiger partial charge in [0, 0.05) is 5.56 Å². The number of carbonyl (C=O) groups excluding carboxylic acids is 2. The third-order valence-corrected chi connectivity index (χ3v) is 4.15. The highest BCUT2D eigenvalue weighted by atomic mass is 79.9. The van der Waals surface area contributed by atoms with E-state index in [1.165, 1.54) is 18.2 Å². The predicted octanol–water partition coefficient (Wildman–Crippen LogP) is 4.54. The number of halogens is 2. The van der Waals surface area contributed by atoms with Crippen LogP contribution < -0.4 is 5.32 Å². The summed E-state index contributed by atoms with van der Waals surface area (Å²) in [6.07, 6.45) is 0. The smallest absolute Gasteiger partial charge is 0.235 e. The van der Waals surface area contributed by atoms with Crippen LogP contribution in [0.2, 0.25) is 0 Å². The lowest BCUT2D eigenvalue weighted by molar-refractivity contribution is -0.113. The van der Waals surface area contributed by atoms with Crippen LogP contribution in [0.1, 0.15) is 15.9 Å². The number of benzene rings is 3. The SMILES string of the molecule is O=C(CBr)Nc1cc2ccccc2cc1C(=O)c1ccccc1F. The first-order chi connectivity index (χ1) is 11.6. The van der Waals surface area contributed by atoms with Crippen molar-refractivity contribution in [1.29, 1.82) is 0 Å². The predicted molar refractivity (Wildman–Crippen MR) is 96.2 cm³/mol. The Balaban J connectivity index is 2.17. The van der Waals surface area contributed by atoms with Crippen molar-refractivity contribution in [2.24, 2.45) is 0 Å². The summed E-state index contributed by atoms with van der Waals surface area (Å²) in [5.41, 5.74) is 0.599. The van der Waals surface area contributed by atoms with E-state index in [-0.39, 0.29) is 22.4 Å². The number of ketones is 1. The van der Waals surface area contributed by atoms with Crippen LogP contribution in [0.3, 0.4) is 0 Å². The molecule has 0 atom stereocenters. The average Bonchev–Trinajstić information content (AvgIpc) is 2.61. The first-order valence-electron chi connectivity index (χ1n) is 7.28. The van der Waals surface area contributed by atoms with Gasteiger partial charge in [-0.25, -0.2) is 4.39 Å². The molecule has 24 heavy (non-hydrogen) atoms. The summed E-state index contributed by atoms with van der Waals surface area (Å²) in [7, 11) is 0. The molecular weight excluding hydrogens is 373 g/mol. The Hall–Kier alpha value is -2.53. The first-order valence-corrected chi connectivity index (χ1v) is 8.40. The highest BCUT2D eigenvalue weighted by molar-refractivity contribution is 9.09. The van der Waals surface area contributed by atoms with Gasteiger partial charge in [0.25, 0.3) is 0 Å². The summed E-state index contributed by atoms with van der Waals surface area (Å²) in [5.74, 6) is -1.34. The second kappa shape index (κ2) is 6.93. The van der Waals surface area contributed by atoms with Crippen LogP contribution in [-0.4, -0.2) is 17.0 Å². The highest BCUT2D eigenvalue weighted by Crippen LogP contribution is 2.27. The summed E-state index contributed by atoms with van der Waals surface area (Å²) in [6.45, 7) is 0. The first kappa shape index (κ1) is 16.3. The van der Waals surface area contributed by atoms with Gasteiger partial charge in [-0.3, -0.25) is 9.59 Å². The van der Waals surface area contributed by atoms with E-state index >= 15 is 0 Å². The van der Waals surface area contributed by atoms with E-state index in [1.54, 1.807) is 18.2 Å². The molecule has 0 fully saturated rings. The monoisotopic (exact) mass is 385 g/mol. The molecule has 3 rings (SSSR count). The standard InChI is InChI=1S/C19H13BrFNO2/c20-11-18(23)22-17-10-13-6-2-1-5-12(13)9-15(17)19(24)14-7-3-4-8-16(14)21/h1-10H,11H2,(H,22,23). The summed E-state index contributed by atoms with van der Waals surface area (Å²) in [5, 5.41) is 4.52. The largest absolute Gasteiger partial charge is 0.325 e. The molecule has 0 radical (unpaired) electrons. The topological polar surface area (TPSA) is 46.2 Å². The molecule has 0 saturated heterocycles. The molecular formula is C19H13BrFNO2. The van der Waals surface area contributed by atoms with E-state index < -0.39 is 11.6 Å². The number of alkyl halides is 1. The van der Waals surface area contributed by atoms with Crippen LogP contribution >= 0.6 is 15.9 Å². The fourth-order valence-electron chi connectivity index (χ4n) is 2.51. The second-order valence-corrected chi connectivity index (χ2v) is 5.80. The Morgan fingerprint density at radius 3 is 2.21 bits per heavy atom. The molecule has 0 spiro atoms. The van der Waals surface area contributed by atoms with Crippen molar-refractivity contribution in [2.45, 2.75) is 0 Å². The highest BCUT2D eigenvalue weighted by Gasteiger charge is 2.19. The van der Waals surface area contributed by atoms with E-state index in [0.717, 1.165) is 10.8 Å². The summed E-state index contributed by atoms with van der Waals surface area (Å²) < 4.78 is 14.0. The molecule has 0 heterocycles. The number of hydrogen-bond donors (Lipinski definition) is 1. The van der Waals surface area contributed by atoms with E-state index in [1.807, 2.05) is 24.3 Å². The van der Waals surface area contributed by atoms with Gasteiger partial charge in [-0.2, -0.15) is 0 Å². The minimum Gasteiger partial charge on any atom is -0.325 e. The van der Waals surface area contributed by atoms with Gasteiger partial charge in [-0.15, -0.1) is 0 Å². The third-order valence-electron chi connectivity index (χ3n) is 3.64. The van der Waals surface area contributed by atoms with Crippen LogP contribution in [0.5, 0.6) is 0 Å². The summed E-state index contributed by atoms with van der Waals surface area (Å²) >= 11 is 3.08. The van der Waals surface area contributed by atoms with Gasteiger partial charge >= 0.3 is 0 Å². The van der Waals surface area contributed by atoms with Crippen LogP contribution in [0.15, 0.2) is 60.7 Å². The molecule has 3 aromatic carbocycles. The van der Waals surface area contributed by atoms with E-state index in [4.69, 9.17) is 0 Å². The fourth-order valence-corrected chi connectivity index (χ4v) is 2.65. The van der Waals surface area contributed by atoms with Gasteiger partial charge in [-0.05, 0) is 35.0 Å². The third kappa shape index (κ3) is 3.21. The maximum absolute atomic E-state index is 14.0. The zero-order valence-electron chi connectivity index (χ0n) is 12.6. The Kier molecular flexibility index (Phi) is 4.71. The zero-order valence-corrected chi connectivity index (χ0v) is 14.1. The molecule has 120 valence electrons. The van der Waals surface area contributed by atoms with Crippen molar-refractivity contribution in [2.75, 3.05) is 10.6 Å². The van der Waals surface area contributed by atoms with Crippen LogP contribution in [0.4, 0.5) is 10.1 Å². The molecule has 1 amide bonds. The lowest BCUT2D eigenvalue weighted by atomic mass is 9.97.